The van der Waals surface area contributed by atoms with Crippen LogP contribution in [0.3, 0.4) is 0 Å². The average Bonchev–Trinajstić information content (AvgIpc) is 2.55. The van der Waals surface area contributed by atoms with Crippen LogP contribution in [0.5, 0.6) is 0 Å². The van der Waals surface area contributed by atoms with E-state index in [1.165, 1.54) is 5.56 Å². The van der Waals surface area contributed by atoms with Crippen LogP contribution in [0.2, 0.25) is 0 Å². The van der Waals surface area contributed by atoms with Crippen molar-refractivity contribution in [2.24, 2.45) is 0 Å². The van der Waals surface area contributed by atoms with Gasteiger partial charge in [0.2, 0.25) is 0 Å². The van der Waals surface area contributed by atoms with Crippen molar-refractivity contribution in [1.82, 2.24) is 0 Å². The van der Waals surface area contributed by atoms with Crippen LogP contribution in [0.25, 0.3) is 6.08 Å². The van der Waals surface area contributed by atoms with Gasteiger partial charge in [0.15, 0.2) is 0 Å². The van der Waals surface area contributed by atoms with Gasteiger partial charge in [-0.25, -0.2) is 0 Å². The van der Waals surface area contributed by atoms with Crippen LogP contribution < -0.4 is 0 Å². The molecule has 1 aromatic carbocycles. The van der Waals surface area contributed by atoms with E-state index >= 15 is 0 Å². The highest BCUT2D eigenvalue weighted by molar-refractivity contribution is 6.51. The van der Waals surface area contributed by atoms with Crippen LogP contribution in [-0.2, 0) is 9.31 Å². The summed E-state index contributed by atoms with van der Waals surface area (Å²) in [4.78, 5) is 0. The number of hydrogen-bond acceptors (Lipinski definition) is 2. The largest absolute Gasteiger partial charge is 0.487 e. The monoisotopic (exact) mass is 256 g/mol. The van der Waals surface area contributed by atoms with Gasteiger partial charge in [0.25, 0.3) is 0 Å². The van der Waals surface area contributed by atoms with Crippen molar-refractivity contribution in [3.05, 3.63) is 54.0 Å². The van der Waals surface area contributed by atoms with Gasteiger partial charge in [0.05, 0.1) is 11.2 Å². The Morgan fingerprint density at radius 3 is 2.05 bits per heavy atom. The van der Waals surface area contributed by atoms with E-state index in [-0.39, 0.29) is 18.3 Å². The lowest BCUT2D eigenvalue weighted by molar-refractivity contribution is 0.00578. The molecule has 100 valence electrons. The van der Waals surface area contributed by atoms with Crippen molar-refractivity contribution in [2.45, 2.75) is 38.9 Å². The summed E-state index contributed by atoms with van der Waals surface area (Å²) < 4.78 is 11.7. The molecule has 0 saturated carbocycles. The Balaban J connectivity index is 1.93. The first-order valence-electron chi connectivity index (χ1n) is 6.66. The fourth-order valence-electron chi connectivity index (χ4n) is 1.85. The van der Waals surface area contributed by atoms with E-state index in [0.29, 0.717) is 0 Å². The summed E-state index contributed by atoms with van der Waals surface area (Å²) in [6.45, 7) is 8.22. The second-order valence-electron chi connectivity index (χ2n) is 5.78. The van der Waals surface area contributed by atoms with E-state index in [1.807, 2.05) is 36.3 Å². The number of rotatable bonds is 3. The molecule has 0 unspecified atom stereocenters. The summed E-state index contributed by atoms with van der Waals surface area (Å²) in [6, 6.07) is 10.2. The van der Waals surface area contributed by atoms with Crippen LogP contribution in [0.4, 0.5) is 0 Å². The lowest BCUT2D eigenvalue weighted by Crippen LogP contribution is -2.41. The molecule has 1 saturated heterocycles. The molecule has 0 aromatic heterocycles. The van der Waals surface area contributed by atoms with Gasteiger partial charge in [-0.15, -0.1) is 0 Å². The van der Waals surface area contributed by atoms with Crippen molar-refractivity contribution in [3.63, 3.8) is 0 Å². The topological polar surface area (TPSA) is 18.5 Å². The summed E-state index contributed by atoms with van der Waals surface area (Å²) in [5, 5.41) is 0. The van der Waals surface area contributed by atoms with Crippen LogP contribution in [-0.4, -0.2) is 18.3 Å². The van der Waals surface area contributed by atoms with E-state index in [4.69, 9.17) is 9.31 Å². The van der Waals surface area contributed by atoms with E-state index < -0.39 is 0 Å². The second kappa shape index (κ2) is 5.36. The smallest absolute Gasteiger partial charge is 0.400 e. The normalized spacial score (nSPS) is 21.6. The number of allylic oxidation sites excluding steroid dienone is 2. The van der Waals surface area contributed by atoms with Crippen LogP contribution in [0.15, 0.2) is 48.5 Å². The van der Waals surface area contributed by atoms with Gasteiger partial charge >= 0.3 is 7.12 Å². The highest BCUT2D eigenvalue weighted by atomic mass is 16.7. The molecule has 0 radical (unpaired) electrons. The Hall–Kier alpha value is -1.32. The Bertz CT molecular complexity index is 459. The third kappa shape index (κ3) is 3.37. The minimum absolute atomic E-state index is 0.273. The Kier molecular flexibility index (Phi) is 3.97. The predicted octanol–water partition coefficient (Wildman–Crippen LogP) is 3.89. The molecule has 0 atom stereocenters. The number of hydrogen-bond donors (Lipinski definition) is 0. The molecule has 2 rings (SSSR count). The Morgan fingerprint density at radius 1 is 0.895 bits per heavy atom. The predicted molar refractivity (Wildman–Crippen MR) is 80.7 cm³/mol. The maximum absolute atomic E-state index is 5.87. The van der Waals surface area contributed by atoms with E-state index in [0.717, 1.165) is 0 Å². The fraction of sp³-hybridized carbons (Fsp3) is 0.375. The lowest BCUT2D eigenvalue weighted by Gasteiger charge is -2.32. The third-order valence-electron chi connectivity index (χ3n) is 3.74. The molecule has 0 bridgehead atoms. The summed E-state index contributed by atoms with van der Waals surface area (Å²) in [7, 11) is -0.273. The summed E-state index contributed by atoms with van der Waals surface area (Å²) in [5.41, 5.74) is 0.636. The minimum Gasteiger partial charge on any atom is -0.400 e. The first-order chi connectivity index (χ1) is 8.91. The minimum atomic E-state index is -0.273. The third-order valence-corrected chi connectivity index (χ3v) is 3.74. The summed E-state index contributed by atoms with van der Waals surface area (Å²) in [6.07, 6.45) is 6.03. The van der Waals surface area contributed by atoms with Crippen LogP contribution >= 0.6 is 0 Å². The number of benzene rings is 1. The Labute approximate surface area is 116 Å². The van der Waals surface area contributed by atoms with Gasteiger partial charge in [-0.1, -0.05) is 54.5 Å². The zero-order chi connectivity index (χ0) is 13.9. The maximum atomic E-state index is 5.87. The molecule has 0 N–H and O–H groups in total. The SMILES string of the molecule is CC1(C)OB(/C=C\C=C\c2ccccc2)OC1(C)C. The molecule has 0 aliphatic carbocycles. The second-order valence-corrected chi connectivity index (χ2v) is 5.78. The quantitative estimate of drug-likeness (QED) is 0.603. The van der Waals surface area contributed by atoms with E-state index in [2.05, 4.69) is 45.9 Å². The zero-order valence-corrected chi connectivity index (χ0v) is 12.1. The molecule has 0 spiro atoms. The molecule has 1 fully saturated rings. The summed E-state index contributed by atoms with van der Waals surface area (Å²) in [5.74, 6) is 1.94. The zero-order valence-electron chi connectivity index (χ0n) is 12.1. The van der Waals surface area contributed by atoms with Crippen molar-refractivity contribution in [3.8, 4) is 0 Å². The first-order valence-corrected chi connectivity index (χ1v) is 6.66. The highest BCUT2D eigenvalue weighted by Gasteiger charge is 2.49. The highest BCUT2D eigenvalue weighted by Crippen LogP contribution is 2.36. The van der Waals surface area contributed by atoms with Crippen molar-refractivity contribution in [2.75, 3.05) is 0 Å². The standard InChI is InChI=1S/C16H21BO2/c1-15(2)16(3,4)19-17(18-15)13-9-8-12-14-10-6-5-7-11-14/h5-13H,1-4H3/b12-8+,13-9-. The van der Waals surface area contributed by atoms with Crippen molar-refractivity contribution < 1.29 is 9.31 Å². The van der Waals surface area contributed by atoms with Gasteiger partial charge in [0.1, 0.15) is 0 Å². The van der Waals surface area contributed by atoms with Gasteiger partial charge in [-0.2, -0.15) is 0 Å². The fourth-order valence-corrected chi connectivity index (χ4v) is 1.85. The molecule has 1 heterocycles. The van der Waals surface area contributed by atoms with Gasteiger partial charge in [0, 0.05) is 0 Å². The molecule has 0 amide bonds. The van der Waals surface area contributed by atoms with Gasteiger partial charge in [-0.05, 0) is 33.3 Å². The average molecular weight is 256 g/mol. The van der Waals surface area contributed by atoms with Gasteiger partial charge in [-0.3, -0.25) is 0 Å². The molecule has 2 nitrogen and oxygen atoms in total. The molecule has 1 aliphatic rings. The lowest BCUT2D eigenvalue weighted by atomic mass is 9.90. The van der Waals surface area contributed by atoms with E-state index in [9.17, 15) is 0 Å². The van der Waals surface area contributed by atoms with Crippen molar-refractivity contribution >= 4 is 13.2 Å². The molecular weight excluding hydrogens is 235 g/mol. The summed E-state index contributed by atoms with van der Waals surface area (Å²) >= 11 is 0. The molecule has 1 aromatic rings. The van der Waals surface area contributed by atoms with Crippen LogP contribution in [0.1, 0.15) is 33.3 Å². The van der Waals surface area contributed by atoms with Crippen LogP contribution in [0, 0.1) is 0 Å². The van der Waals surface area contributed by atoms with Crippen molar-refractivity contribution in [1.29, 1.82) is 0 Å². The molecule has 1 aliphatic heterocycles. The molecule has 19 heavy (non-hydrogen) atoms. The Morgan fingerprint density at radius 2 is 1.47 bits per heavy atom. The first kappa shape index (κ1) is 14.1. The maximum Gasteiger partial charge on any atom is 0.487 e. The van der Waals surface area contributed by atoms with E-state index in [1.54, 1.807) is 0 Å². The van der Waals surface area contributed by atoms with Gasteiger partial charge < -0.3 is 9.31 Å². The molecular formula is C16H21BO2. The molecule has 3 heteroatoms.